The fourth-order valence-corrected chi connectivity index (χ4v) is 2.10. The van der Waals surface area contributed by atoms with E-state index < -0.39 is 4.92 Å². The van der Waals surface area contributed by atoms with E-state index in [1.54, 1.807) is 12.3 Å². The van der Waals surface area contributed by atoms with E-state index in [0.717, 1.165) is 5.56 Å². The molecule has 2 aromatic heterocycles. The molecule has 0 aliphatic heterocycles. The molecule has 7 nitrogen and oxygen atoms in total. The third-order valence-corrected chi connectivity index (χ3v) is 2.96. The van der Waals surface area contributed by atoms with Crippen LogP contribution in [0.5, 0.6) is 0 Å². The van der Waals surface area contributed by atoms with Gasteiger partial charge in [-0.25, -0.2) is 4.98 Å². The van der Waals surface area contributed by atoms with Gasteiger partial charge in [0.15, 0.2) is 5.82 Å². The van der Waals surface area contributed by atoms with Gasteiger partial charge in [0.1, 0.15) is 5.69 Å². The Morgan fingerprint density at radius 3 is 2.62 bits per heavy atom. The second-order valence-electron chi connectivity index (χ2n) is 6.28. The summed E-state index contributed by atoms with van der Waals surface area (Å²) >= 11 is 0. The molecular weight excluding hydrogens is 270 g/mol. The number of hydrogen-bond acceptors (Lipinski definition) is 5. The van der Waals surface area contributed by atoms with E-state index in [9.17, 15) is 10.1 Å². The molecule has 2 heterocycles. The second-order valence-corrected chi connectivity index (χ2v) is 6.28. The lowest BCUT2D eigenvalue weighted by atomic mass is 9.90. The van der Waals surface area contributed by atoms with Gasteiger partial charge in [0.05, 0.1) is 4.92 Å². The molecule has 2 N–H and O–H groups in total. The zero-order valence-electron chi connectivity index (χ0n) is 12.6. The topological polar surface area (TPSA) is 99.9 Å². The van der Waals surface area contributed by atoms with Crippen LogP contribution in [-0.4, -0.2) is 19.7 Å². The highest BCUT2D eigenvalue weighted by Crippen LogP contribution is 2.32. The van der Waals surface area contributed by atoms with Crippen molar-refractivity contribution in [2.45, 2.75) is 34.1 Å². The van der Waals surface area contributed by atoms with Gasteiger partial charge in [0, 0.05) is 12.6 Å². The third kappa shape index (κ3) is 3.18. The number of nitrogens with two attached hydrogens (primary N) is 1. The summed E-state index contributed by atoms with van der Waals surface area (Å²) in [5.41, 5.74) is 7.03. The molecule has 0 saturated carbocycles. The molecule has 0 atom stereocenters. The van der Waals surface area contributed by atoms with Crippen molar-refractivity contribution >= 4 is 11.5 Å². The van der Waals surface area contributed by atoms with E-state index in [0.29, 0.717) is 17.9 Å². The van der Waals surface area contributed by atoms with Crippen LogP contribution < -0.4 is 5.73 Å². The molecule has 0 fully saturated rings. The van der Waals surface area contributed by atoms with Gasteiger partial charge < -0.3 is 5.73 Å². The summed E-state index contributed by atoms with van der Waals surface area (Å²) in [5, 5.41) is 15.6. The molecule has 0 unspecified atom stereocenters. The molecule has 0 amide bonds. The number of aryl methyl sites for hydroxylation is 1. The molecule has 7 heteroatoms. The average molecular weight is 289 g/mol. The monoisotopic (exact) mass is 289 g/mol. The van der Waals surface area contributed by atoms with Crippen molar-refractivity contribution in [2.24, 2.45) is 5.41 Å². The number of anilines is 1. The van der Waals surface area contributed by atoms with Crippen molar-refractivity contribution in [3.8, 4) is 5.82 Å². The first-order chi connectivity index (χ1) is 9.69. The molecule has 2 rings (SSSR count). The van der Waals surface area contributed by atoms with Crippen LogP contribution in [0.1, 0.15) is 32.0 Å². The molecule has 112 valence electrons. The van der Waals surface area contributed by atoms with Crippen molar-refractivity contribution in [2.75, 3.05) is 5.73 Å². The molecule has 0 aliphatic carbocycles. The second kappa shape index (κ2) is 5.16. The highest BCUT2D eigenvalue weighted by molar-refractivity contribution is 5.59. The van der Waals surface area contributed by atoms with Crippen LogP contribution in [0, 0.1) is 22.5 Å². The minimum Gasteiger partial charge on any atom is -0.378 e. The first-order valence-corrected chi connectivity index (χ1v) is 6.64. The maximum atomic E-state index is 11.3. The quantitative estimate of drug-likeness (QED) is 0.691. The van der Waals surface area contributed by atoms with Gasteiger partial charge in [-0.05, 0) is 30.0 Å². The molecule has 0 radical (unpaired) electrons. The van der Waals surface area contributed by atoms with Gasteiger partial charge in [-0.15, -0.1) is 0 Å². The zero-order valence-corrected chi connectivity index (χ0v) is 12.6. The lowest BCUT2D eigenvalue weighted by Crippen LogP contribution is -2.11. The molecule has 2 aromatic rings. The molecule has 0 spiro atoms. The van der Waals surface area contributed by atoms with Gasteiger partial charge in [-0.3, -0.25) is 10.1 Å². The lowest BCUT2D eigenvalue weighted by Gasteiger charge is -2.15. The number of rotatable bonds is 3. The Morgan fingerprint density at radius 1 is 1.43 bits per heavy atom. The Bertz CT molecular complexity index is 685. The van der Waals surface area contributed by atoms with Crippen molar-refractivity contribution in [3.05, 3.63) is 39.7 Å². The fraction of sp³-hybridized carbons (Fsp3) is 0.429. The van der Waals surface area contributed by atoms with Crippen LogP contribution in [0.4, 0.5) is 11.5 Å². The number of hydrogen-bond donors (Lipinski definition) is 1. The van der Waals surface area contributed by atoms with Gasteiger partial charge in [-0.2, -0.15) is 9.78 Å². The molecule has 21 heavy (non-hydrogen) atoms. The summed E-state index contributed by atoms with van der Waals surface area (Å²) in [6.45, 7) is 7.90. The molecule has 0 aromatic carbocycles. The Balaban J connectivity index is 2.59. The van der Waals surface area contributed by atoms with Crippen molar-refractivity contribution in [3.63, 3.8) is 0 Å². The van der Waals surface area contributed by atoms with Crippen LogP contribution in [0.15, 0.2) is 18.3 Å². The van der Waals surface area contributed by atoms with E-state index in [1.165, 1.54) is 4.68 Å². The van der Waals surface area contributed by atoms with Gasteiger partial charge >= 0.3 is 5.69 Å². The molecular formula is C14H19N5O2. The average Bonchev–Trinajstić information content (AvgIpc) is 2.63. The van der Waals surface area contributed by atoms with Crippen LogP contribution in [0.2, 0.25) is 0 Å². The largest absolute Gasteiger partial charge is 0.378 e. The van der Waals surface area contributed by atoms with Gasteiger partial charge in [0.2, 0.25) is 5.82 Å². The highest BCUT2D eigenvalue weighted by Gasteiger charge is 2.29. The number of pyridine rings is 1. The number of nitro groups is 1. The normalized spacial score (nSPS) is 11.6. The van der Waals surface area contributed by atoms with E-state index in [-0.39, 0.29) is 16.9 Å². The van der Waals surface area contributed by atoms with Crippen molar-refractivity contribution < 1.29 is 4.92 Å². The van der Waals surface area contributed by atoms with Gasteiger partial charge in [0.25, 0.3) is 0 Å². The highest BCUT2D eigenvalue weighted by atomic mass is 16.6. The summed E-state index contributed by atoms with van der Waals surface area (Å²) in [4.78, 5) is 15.0. The number of nitrogens with zero attached hydrogens (tertiary/aromatic N) is 4. The van der Waals surface area contributed by atoms with E-state index in [1.807, 2.05) is 33.8 Å². The van der Waals surface area contributed by atoms with Crippen molar-refractivity contribution in [1.29, 1.82) is 0 Å². The minimum absolute atomic E-state index is 0.0114. The molecule has 0 aliphatic rings. The van der Waals surface area contributed by atoms with E-state index in [2.05, 4.69) is 10.1 Å². The Hall–Kier alpha value is -2.44. The van der Waals surface area contributed by atoms with Crippen LogP contribution >= 0.6 is 0 Å². The summed E-state index contributed by atoms with van der Waals surface area (Å²) < 4.78 is 1.34. The first-order valence-electron chi connectivity index (χ1n) is 6.64. The van der Waals surface area contributed by atoms with Crippen molar-refractivity contribution in [1.82, 2.24) is 14.8 Å². The predicted molar refractivity (Wildman–Crippen MR) is 80.3 cm³/mol. The summed E-state index contributed by atoms with van der Waals surface area (Å²) in [7, 11) is 0. The summed E-state index contributed by atoms with van der Waals surface area (Å²) in [6.07, 6.45) is 2.09. The van der Waals surface area contributed by atoms with Crippen LogP contribution in [-0.2, 0) is 6.42 Å². The maximum absolute atomic E-state index is 11.3. The fourth-order valence-electron chi connectivity index (χ4n) is 2.10. The lowest BCUT2D eigenvalue weighted by molar-refractivity contribution is -0.384. The SMILES string of the molecule is Cc1ccnc(-n2nc(CC(C)(C)C)c([N+](=O)[O-])c2N)c1. The zero-order chi connectivity index (χ0) is 15.8. The van der Waals surface area contributed by atoms with E-state index >= 15 is 0 Å². The maximum Gasteiger partial charge on any atom is 0.334 e. The standard InChI is InChI=1S/C14H19N5O2/c1-9-5-6-16-11(7-9)18-13(15)12(19(20)21)10(17-18)8-14(2,3)4/h5-7H,8,15H2,1-4H3. The molecule has 0 saturated heterocycles. The minimum atomic E-state index is -0.476. The first kappa shape index (κ1) is 15.0. The Kier molecular flexibility index (Phi) is 3.67. The predicted octanol–water partition coefficient (Wildman–Crippen LogP) is 2.65. The van der Waals surface area contributed by atoms with Crippen LogP contribution in [0.25, 0.3) is 5.82 Å². The molecule has 0 bridgehead atoms. The third-order valence-electron chi connectivity index (χ3n) is 2.96. The van der Waals surface area contributed by atoms with Gasteiger partial charge in [-0.1, -0.05) is 20.8 Å². The number of nitrogen functional groups attached to an aromatic ring is 1. The summed E-state index contributed by atoms with van der Waals surface area (Å²) in [6, 6.07) is 3.63. The Labute approximate surface area is 122 Å². The summed E-state index contributed by atoms with van der Waals surface area (Å²) in [5.74, 6) is 0.494. The number of aromatic nitrogens is 3. The Morgan fingerprint density at radius 2 is 2.10 bits per heavy atom. The van der Waals surface area contributed by atoms with Crippen LogP contribution in [0.3, 0.4) is 0 Å². The smallest absolute Gasteiger partial charge is 0.334 e. The van der Waals surface area contributed by atoms with E-state index in [4.69, 9.17) is 5.73 Å².